The Morgan fingerprint density at radius 2 is 0.860 bits per heavy atom. The van der Waals surface area contributed by atoms with Gasteiger partial charge in [-0.2, -0.15) is 0 Å². The molecular weight excluding hydrogens is 737 g/mol. The summed E-state index contributed by atoms with van der Waals surface area (Å²) in [7, 11) is -4.37. The van der Waals surface area contributed by atoms with Gasteiger partial charge in [0.2, 0.25) is 0 Å². The Bertz CT molecular complexity index is 948. The molecule has 338 valence electrons. The number of nitrogens with two attached hydrogens (primary N) is 1. The molecule has 2 unspecified atom stereocenters. The molecule has 2 atom stereocenters. The number of hydrogen-bond donors (Lipinski definition) is 2. The Kier molecular flexibility index (Phi) is 43.3. The summed E-state index contributed by atoms with van der Waals surface area (Å²) in [6.07, 6.45) is 46.7. The average Bonchev–Trinajstić information content (AvgIpc) is 3.20. The van der Waals surface area contributed by atoms with Gasteiger partial charge in [0.15, 0.2) is 6.10 Å². The lowest BCUT2D eigenvalue weighted by Gasteiger charge is -2.19. The lowest BCUT2D eigenvalue weighted by atomic mass is 10.0. The summed E-state index contributed by atoms with van der Waals surface area (Å²) in [5, 5.41) is 0. The molecule has 0 bridgehead atoms. The van der Waals surface area contributed by atoms with Crippen molar-refractivity contribution >= 4 is 19.8 Å². The third-order valence-electron chi connectivity index (χ3n) is 10.7. The van der Waals surface area contributed by atoms with Crippen molar-refractivity contribution in [2.45, 2.75) is 251 Å². The van der Waals surface area contributed by atoms with Crippen molar-refractivity contribution in [3.05, 3.63) is 12.2 Å². The molecular formula is C47H92NO8P. The molecule has 0 amide bonds. The zero-order chi connectivity index (χ0) is 41.8. The number of carbonyl (C=O) groups excluding carboxylic acids is 2. The van der Waals surface area contributed by atoms with Crippen molar-refractivity contribution in [1.29, 1.82) is 0 Å². The smallest absolute Gasteiger partial charge is 0.462 e. The van der Waals surface area contributed by atoms with Crippen LogP contribution in [0.4, 0.5) is 0 Å². The second kappa shape index (κ2) is 44.3. The highest BCUT2D eigenvalue weighted by atomic mass is 31.2. The second-order valence-electron chi connectivity index (χ2n) is 16.3. The van der Waals surface area contributed by atoms with Gasteiger partial charge in [-0.15, -0.1) is 0 Å². The number of carbonyl (C=O) groups is 2. The predicted octanol–water partition coefficient (Wildman–Crippen LogP) is 14.2. The third kappa shape index (κ3) is 44.1. The van der Waals surface area contributed by atoms with E-state index in [2.05, 4.69) is 26.0 Å². The van der Waals surface area contributed by atoms with Crippen LogP contribution < -0.4 is 5.73 Å². The van der Waals surface area contributed by atoms with Crippen LogP contribution in [0, 0.1) is 0 Å². The van der Waals surface area contributed by atoms with E-state index in [1.807, 2.05) is 0 Å². The Labute approximate surface area is 351 Å². The summed E-state index contributed by atoms with van der Waals surface area (Å²) < 4.78 is 32.9. The largest absolute Gasteiger partial charge is 0.472 e. The molecule has 0 fully saturated rings. The standard InChI is InChI=1S/C47H92NO8P/c1-3-5-7-9-11-13-15-17-19-21-22-24-26-28-30-32-34-36-38-40-47(50)56-45(44-55-57(51,52)54-42-41-48)43-53-46(49)39-37-35-33-31-29-27-25-23-20-18-16-14-12-10-8-6-4-2/h18,20,45H,3-17,19,21-44,48H2,1-2H3,(H,51,52). The summed E-state index contributed by atoms with van der Waals surface area (Å²) in [6.45, 7) is 3.77. The first kappa shape index (κ1) is 55.8. The quantitative estimate of drug-likeness (QED) is 0.0266. The Morgan fingerprint density at radius 1 is 0.509 bits per heavy atom. The molecule has 0 aliphatic rings. The number of phosphoric acid groups is 1. The summed E-state index contributed by atoms with van der Waals surface area (Å²) in [5.41, 5.74) is 5.36. The molecule has 3 N–H and O–H groups in total. The average molecular weight is 830 g/mol. The summed E-state index contributed by atoms with van der Waals surface area (Å²) >= 11 is 0. The maximum atomic E-state index is 12.6. The first-order chi connectivity index (χ1) is 27.8. The summed E-state index contributed by atoms with van der Waals surface area (Å²) in [5.74, 6) is -0.819. The monoisotopic (exact) mass is 830 g/mol. The fourth-order valence-corrected chi connectivity index (χ4v) is 7.81. The Balaban J connectivity index is 4.05. The summed E-state index contributed by atoms with van der Waals surface area (Å²) in [6, 6.07) is 0. The molecule has 0 radical (unpaired) electrons. The van der Waals surface area contributed by atoms with Gasteiger partial charge in [0, 0.05) is 19.4 Å². The molecule has 9 nitrogen and oxygen atoms in total. The minimum Gasteiger partial charge on any atom is -0.462 e. The molecule has 57 heavy (non-hydrogen) atoms. The molecule has 0 rings (SSSR count). The number of rotatable bonds is 46. The zero-order valence-electron chi connectivity index (χ0n) is 37.3. The predicted molar refractivity (Wildman–Crippen MR) is 238 cm³/mol. The van der Waals surface area contributed by atoms with Crippen LogP contribution in [-0.2, 0) is 32.7 Å². The highest BCUT2D eigenvalue weighted by molar-refractivity contribution is 7.47. The highest BCUT2D eigenvalue weighted by Gasteiger charge is 2.26. The highest BCUT2D eigenvalue weighted by Crippen LogP contribution is 2.43. The molecule has 0 aliphatic carbocycles. The van der Waals surface area contributed by atoms with E-state index in [9.17, 15) is 19.0 Å². The van der Waals surface area contributed by atoms with Crippen molar-refractivity contribution in [3.8, 4) is 0 Å². The second-order valence-corrected chi connectivity index (χ2v) is 17.8. The minimum atomic E-state index is -4.37. The number of esters is 2. The molecule has 0 saturated carbocycles. The van der Waals surface area contributed by atoms with Crippen LogP contribution in [0.3, 0.4) is 0 Å². The molecule has 0 aromatic rings. The fourth-order valence-electron chi connectivity index (χ4n) is 7.04. The molecule has 0 heterocycles. The van der Waals surface area contributed by atoms with E-state index < -0.39 is 26.5 Å². The molecule has 0 aromatic heterocycles. The minimum absolute atomic E-state index is 0.0559. The summed E-state index contributed by atoms with van der Waals surface area (Å²) in [4.78, 5) is 35.0. The van der Waals surface area contributed by atoms with Gasteiger partial charge in [-0.3, -0.25) is 18.6 Å². The van der Waals surface area contributed by atoms with E-state index in [1.54, 1.807) is 0 Å². The van der Waals surface area contributed by atoms with E-state index in [0.717, 1.165) is 32.1 Å². The third-order valence-corrected chi connectivity index (χ3v) is 11.6. The van der Waals surface area contributed by atoms with E-state index in [0.29, 0.717) is 6.42 Å². The Morgan fingerprint density at radius 3 is 1.25 bits per heavy atom. The van der Waals surface area contributed by atoms with E-state index in [-0.39, 0.29) is 38.6 Å². The van der Waals surface area contributed by atoms with Gasteiger partial charge in [-0.25, -0.2) is 4.57 Å². The van der Waals surface area contributed by atoms with E-state index in [1.165, 1.54) is 180 Å². The molecule has 0 saturated heterocycles. The van der Waals surface area contributed by atoms with Crippen LogP contribution in [0.1, 0.15) is 245 Å². The first-order valence-electron chi connectivity index (χ1n) is 24.2. The lowest BCUT2D eigenvalue weighted by molar-refractivity contribution is -0.161. The van der Waals surface area contributed by atoms with Crippen molar-refractivity contribution in [2.24, 2.45) is 5.73 Å². The lowest BCUT2D eigenvalue weighted by Crippen LogP contribution is -2.29. The topological polar surface area (TPSA) is 134 Å². The van der Waals surface area contributed by atoms with Crippen molar-refractivity contribution < 1.29 is 37.6 Å². The van der Waals surface area contributed by atoms with Gasteiger partial charge in [0.05, 0.1) is 13.2 Å². The van der Waals surface area contributed by atoms with Gasteiger partial charge >= 0.3 is 19.8 Å². The normalized spacial score (nSPS) is 13.3. The first-order valence-corrected chi connectivity index (χ1v) is 25.7. The van der Waals surface area contributed by atoms with Crippen LogP contribution in [-0.4, -0.2) is 49.3 Å². The SMILES string of the molecule is CCCCCCCCC=CCCCCCCCCCC(=O)OCC(COP(=O)(O)OCCN)OC(=O)CCCCCCCCCCCCCCCCCCCCC. The van der Waals surface area contributed by atoms with Gasteiger partial charge in [0.1, 0.15) is 6.61 Å². The fraction of sp³-hybridized carbons (Fsp3) is 0.915. The van der Waals surface area contributed by atoms with Crippen LogP contribution in [0.15, 0.2) is 12.2 Å². The van der Waals surface area contributed by atoms with Crippen LogP contribution in [0.5, 0.6) is 0 Å². The Hall–Kier alpha value is -1.25. The number of phosphoric ester groups is 1. The maximum Gasteiger partial charge on any atom is 0.472 e. The molecule has 0 aliphatic heterocycles. The number of allylic oxidation sites excluding steroid dienone is 2. The number of unbranched alkanes of at least 4 members (excludes halogenated alkanes) is 31. The van der Waals surface area contributed by atoms with Crippen molar-refractivity contribution in [1.82, 2.24) is 0 Å². The van der Waals surface area contributed by atoms with Gasteiger partial charge < -0.3 is 20.1 Å². The van der Waals surface area contributed by atoms with Crippen LogP contribution in [0.2, 0.25) is 0 Å². The molecule has 0 spiro atoms. The van der Waals surface area contributed by atoms with Crippen LogP contribution >= 0.6 is 7.82 Å². The van der Waals surface area contributed by atoms with E-state index in [4.69, 9.17) is 24.3 Å². The van der Waals surface area contributed by atoms with Crippen molar-refractivity contribution in [2.75, 3.05) is 26.4 Å². The van der Waals surface area contributed by atoms with Gasteiger partial charge in [-0.05, 0) is 38.5 Å². The maximum absolute atomic E-state index is 12.6. The number of hydrogen-bond acceptors (Lipinski definition) is 8. The number of ether oxygens (including phenoxy) is 2. The van der Waals surface area contributed by atoms with Crippen LogP contribution in [0.25, 0.3) is 0 Å². The van der Waals surface area contributed by atoms with E-state index >= 15 is 0 Å². The molecule has 0 aromatic carbocycles. The molecule has 10 heteroatoms. The van der Waals surface area contributed by atoms with Gasteiger partial charge in [0.25, 0.3) is 0 Å². The zero-order valence-corrected chi connectivity index (χ0v) is 38.2. The van der Waals surface area contributed by atoms with Crippen molar-refractivity contribution in [3.63, 3.8) is 0 Å². The van der Waals surface area contributed by atoms with Gasteiger partial charge in [-0.1, -0.05) is 206 Å².